The number of hydrogen-bond acceptors (Lipinski definition) is 3. The molecule has 0 bridgehead atoms. The Morgan fingerprint density at radius 3 is 2.80 bits per heavy atom. The number of hydrogen-bond donors (Lipinski definition) is 2. The summed E-state index contributed by atoms with van der Waals surface area (Å²) in [4.78, 5) is 13.2. The lowest BCUT2D eigenvalue weighted by molar-refractivity contribution is -0.118. The Morgan fingerprint density at radius 2 is 2.27 bits per heavy atom. The van der Waals surface area contributed by atoms with Crippen LogP contribution in [-0.2, 0) is 11.3 Å². The maximum atomic E-state index is 10.6. The van der Waals surface area contributed by atoms with Crippen molar-refractivity contribution in [3.63, 3.8) is 0 Å². The SMILES string of the molecule is CC(=O)NCCNCc1cc(Br)c(C)s1. The normalized spacial score (nSPS) is 10.3. The molecule has 15 heavy (non-hydrogen) atoms. The van der Waals surface area contributed by atoms with Gasteiger partial charge in [0.15, 0.2) is 0 Å². The van der Waals surface area contributed by atoms with Crippen LogP contribution in [0.3, 0.4) is 0 Å². The van der Waals surface area contributed by atoms with Gasteiger partial charge in [0.05, 0.1) is 0 Å². The fourth-order valence-corrected chi connectivity index (χ4v) is 2.71. The largest absolute Gasteiger partial charge is 0.355 e. The highest BCUT2D eigenvalue weighted by atomic mass is 79.9. The zero-order chi connectivity index (χ0) is 11.3. The molecule has 1 rings (SSSR count). The van der Waals surface area contributed by atoms with Gasteiger partial charge >= 0.3 is 0 Å². The first-order valence-electron chi connectivity index (χ1n) is 4.79. The Labute approximate surface area is 102 Å². The number of amides is 1. The molecule has 1 aromatic heterocycles. The Hall–Kier alpha value is -0.390. The molecular formula is C10H15BrN2OS. The van der Waals surface area contributed by atoms with Gasteiger partial charge in [0.1, 0.15) is 0 Å². The van der Waals surface area contributed by atoms with Gasteiger partial charge in [-0.15, -0.1) is 11.3 Å². The van der Waals surface area contributed by atoms with Gasteiger partial charge in [0.2, 0.25) is 5.91 Å². The van der Waals surface area contributed by atoms with Crippen LogP contribution < -0.4 is 10.6 Å². The van der Waals surface area contributed by atoms with E-state index in [-0.39, 0.29) is 5.91 Å². The third kappa shape index (κ3) is 4.77. The van der Waals surface area contributed by atoms with Gasteiger partial charge in [-0.25, -0.2) is 0 Å². The molecule has 84 valence electrons. The Kier molecular flexibility index (Phi) is 5.28. The number of halogens is 1. The first-order chi connectivity index (χ1) is 7.09. The van der Waals surface area contributed by atoms with Crippen LogP contribution in [0.4, 0.5) is 0 Å². The van der Waals surface area contributed by atoms with Crippen molar-refractivity contribution >= 4 is 33.2 Å². The average molecular weight is 291 g/mol. The van der Waals surface area contributed by atoms with E-state index in [0.717, 1.165) is 13.1 Å². The number of thiophene rings is 1. The van der Waals surface area contributed by atoms with Gasteiger partial charge in [-0.2, -0.15) is 0 Å². The van der Waals surface area contributed by atoms with E-state index in [4.69, 9.17) is 0 Å². The van der Waals surface area contributed by atoms with E-state index in [1.54, 1.807) is 11.3 Å². The number of aryl methyl sites for hydroxylation is 1. The second-order valence-corrected chi connectivity index (χ2v) is 5.47. The quantitative estimate of drug-likeness (QED) is 0.815. The Bertz CT molecular complexity index is 319. The standard InChI is InChI=1S/C10H15BrN2OS/c1-7-10(11)5-9(15-7)6-12-3-4-13-8(2)14/h5,12H,3-4,6H2,1-2H3,(H,13,14). The minimum atomic E-state index is 0.0199. The summed E-state index contributed by atoms with van der Waals surface area (Å²) in [6.07, 6.45) is 0. The van der Waals surface area contributed by atoms with Crippen LogP contribution in [0.2, 0.25) is 0 Å². The zero-order valence-corrected chi connectivity index (χ0v) is 11.3. The molecule has 1 amide bonds. The van der Waals surface area contributed by atoms with Crippen molar-refractivity contribution in [3.05, 3.63) is 20.3 Å². The summed E-state index contributed by atoms with van der Waals surface area (Å²) in [5.41, 5.74) is 0. The molecule has 2 N–H and O–H groups in total. The van der Waals surface area contributed by atoms with Gasteiger partial charge in [0, 0.05) is 40.8 Å². The molecule has 0 spiro atoms. The number of rotatable bonds is 5. The van der Waals surface area contributed by atoms with Crippen LogP contribution >= 0.6 is 27.3 Å². The summed E-state index contributed by atoms with van der Waals surface area (Å²) in [6, 6.07) is 2.13. The topological polar surface area (TPSA) is 41.1 Å². The van der Waals surface area contributed by atoms with Gasteiger partial charge in [0.25, 0.3) is 0 Å². The highest BCUT2D eigenvalue weighted by Crippen LogP contribution is 2.25. The van der Waals surface area contributed by atoms with Crippen LogP contribution in [0.5, 0.6) is 0 Å². The van der Waals surface area contributed by atoms with E-state index < -0.39 is 0 Å². The molecule has 0 aromatic carbocycles. The van der Waals surface area contributed by atoms with Gasteiger partial charge in [-0.05, 0) is 28.9 Å². The summed E-state index contributed by atoms with van der Waals surface area (Å²) in [5.74, 6) is 0.0199. The molecule has 0 aliphatic rings. The molecule has 0 atom stereocenters. The van der Waals surface area contributed by atoms with E-state index in [0.29, 0.717) is 6.54 Å². The molecule has 0 unspecified atom stereocenters. The molecule has 0 saturated carbocycles. The number of nitrogens with one attached hydrogen (secondary N) is 2. The highest BCUT2D eigenvalue weighted by molar-refractivity contribution is 9.10. The Balaban J connectivity index is 2.18. The lowest BCUT2D eigenvalue weighted by Gasteiger charge is -2.03. The van der Waals surface area contributed by atoms with E-state index in [1.165, 1.54) is 21.2 Å². The maximum Gasteiger partial charge on any atom is 0.216 e. The lowest BCUT2D eigenvalue weighted by atomic mass is 10.4. The van der Waals surface area contributed by atoms with Crippen molar-refractivity contribution in [1.29, 1.82) is 0 Å². The van der Waals surface area contributed by atoms with E-state index in [9.17, 15) is 4.79 Å². The molecule has 0 radical (unpaired) electrons. The second kappa shape index (κ2) is 6.25. The second-order valence-electron chi connectivity index (χ2n) is 3.28. The molecule has 0 saturated heterocycles. The summed E-state index contributed by atoms with van der Waals surface area (Å²) < 4.78 is 1.17. The van der Waals surface area contributed by atoms with Crippen molar-refractivity contribution in [2.45, 2.75) is 20.4 Å². The van der Waals surface area contributed by atoms with Gasteiger partial charge < -0.3 is 10.6 Å². The van der Waals surface area contributed by atoms with Crippen LogP contribution in [0.15, 0.2) is 10.5 Å². The van der Waals surface area contributed by atoms with Gasteiger partial charge in [-0.1, -0.05) is 0 Å². The van der Waals surface area contributed by atoms with Gasteiger partial charge in [-0.3, -0.25) is 4.79 Å². The molecular weight excluding hydrogens is 276 g/mol. The lowest BCUT2D eigenvalue weighted by Crippen LogP contribution is -2.29. The van der Waals surface area contributed by atoms with Crippen molar-refractivity contribution in [2.24, 2.45) is 0 Å². The monoisotopic (exact) mass is 290 g/mol. The van der Waals surface area contributed by atoms with Crippen molar-refractivity contribution in [1.82, 2.24) is 10.6 Å². The summed E-state index contributed by atoms with van der Waals surface area (Å²) in [5, 5.41) is 6.01. The van der Waals surface area contributed by atoms with Crippen LogP contribution in [0.25, 0.3) is 0 Å². The van der Waals surface area contributed by atoms with Crippen molar-refractivity contribution in [2.75, 3.05) is 13.1 Å². The van der Waals surface area contributed by atoms with Crippen molar-refractivity contribution in [3.8, 4) is 0 Å². The predicted molar refractivity (Wildman–Crippen MR) is 67.1 cm³/mol. The summed E-state index contributed by atoms with van der Waals surface area (Å²) in [6.45, 7) is 5.96. The van der Waals surface area contributed by atoms with Crippen LogP contribution in [-0.4, -0.2) is 19.0 Å². The Morgan fingerprint density at radius 1 is 1.53 bits per heavy atom. The number of carbonyl (C=O) groups is 1. The fourth-order valence-electron chi connectivity index (χ4n) is 1.14. The fraction of sp³-hybridized carbons (Fsp3) is 0.500. The summed E-state index contributed by atoms with van der Waals surface area (Å²) in [7, 11) is 0. The van der Waals surface area contributed by atoms with E-state index in [1.807, 2.05) is 0 Å². The highest BCUT2D eigenvalue weighted by Gasteiger charge is 2.01. The van der Waals surface area contributed by atoms with Crippen LogP contribution in [0.1, 0.15) is 16.7 Å². The smallest absolute Gasteiger partial charge is 0.216 e. The maximum absolute atomic E-state index is 10.6. The molecule has 5 heteroatoms. The third-order valence-corrected chi connectivity index (χ3v) is 4.02. The molecule has 1 heterocycles. The van der Waals surface area contributed by atoms with E-state index >= 15 is 0 Å². The minimum Gasteiger partial charge on any atom is -0.355 e. The first kappa shape index (κ1) is 12.7. The zero-order valence-electron chi connectivity index (χ0n) is 8.89. The molecule has 0 aliphatic heterocycles. The predicted octanol–water partition coefficient (Wildman–Crippen LogP) is 2.04. The van der Waals surface area contributed by atoms with E-state index in [2.05, 4.69) is 39.6 Å². The number of carbonyl (C=O) groups excluding carboxylic acids is 1. The summed E-state index contributed by atoms with van der Waals surface area (Å²) >= 11 is 5.27. The molecule has 1 aromatic rings. The van der Waals surface area contributed by atoms with Crippen molar-refractivity contribution < 1.29 is 4.79 Å². The average Bonchev–Trinajstić information content (AvgIpc) is 2.45. The molecule has 0 fully saturated rings. The molecule has 3 nitrogen and oxygen atoms in total. The third-order valence-electron chi connectivity index (χ3n) is 1.88. The molecule has 0 aliphatic carbocycles. The first-order valence-corrected chi connectivity index (χ1v) is 6.40. The minimum absolute atomic E-state index is 0.0199. The van der Waals surface area contributed by atoms with Crippen LogP contribution in [0, 0.1) is 6.92 Å².